The van der Waals surface area contributed by atoms with E-state index in [-0.39, 0.29) is 12.5 Å². The number of thiazole rings is 1. The number of amides is 3. The molecule has 3 amide bonds. The molecule has 1 fully saturated rings. The summed E-state index contributed by atoms with van der Waals surface area (Å²) in [6, 6.07) is 14.5. The Balaban J connectivity index is 1.57. The monoisotopic (exact) mass is 364 g/mol. The van der Waals surface area contributed by atoms with E-state index in [2.05, 4.69) is 15.3 Å². The molecule has 1 saturated heterocycles. The molecular weight excluding hydrogens is 348 g/mol. The summed E-state index contributed by atoms with van der Waals surface area (Å²) < 4.78 is 0. The fourth-order valence-electron chi connectivity index (χ4n) is 2.96. The zero-order chi connectivity index (χ0) is 18.1. The highest BCUT2D eigenvalue weighted by atomic mass is 32.1. The first-order valence-electron chi connectivity index (χ1n) is 8.13. The number of carbonyl (C=O) groups excluding carboxylic acids is 2. The molecule has 3 heterocycles. The van der Waals surface area contributed by atoms with Crippen LogP contribution in [-0.4, -0.2) is 26.8 Å². The molecule has 26 heavy (non-hydrogen) atoms. The highest BCUT2D eigenvalue weighted by molar-refractivity contribution is 7.13. The lowest BCUT2D eigenvalue weighted by atomic mass is 9.92. The van der Waals surface area contributed by atoms with E-state index in [9.17, 15) is 9.59 Å². The van der Waals surface area contributed by atoms with Crippen LogP contribution in [0.4, 0.5) is 4.79 Å². The van der Waals surface area contributed by atoms with Gasteiger partial charge in [-0.3, -0.25) is 14.7 Å². The number of nitrogens with one attached hydrogen (secondary N) is 1. The molecule has 0 aliphatic carbocycles. The Morgan fingerprint density at radius 2 is 1.88 bits per heavy atom. The number of hydrogen-bond donors (Lipinski definition) is 1. The number of imide groups is 1. The quantitative estimate of drug-likeness (QED) is 0.722. The van der Waals surface area contributed by atoms with E-state index in [0.29, 0.717) is 5.69 Å². The zero-order valence-corrected chi connectivity index (χ0v) is 14.9. The molecule has 1 aliphatic rings. The Morgan fingerprint density at radius 1 is 1.12 bits per heavy atom. The highest BCUT2D eigenvalue weighted by Gasteiger charge is 2.48. The predicted molar refractivity (Wildman–Crippen MR) is 98.2 cm³/mol. The molecule has 1 unspecified atom stereocenters. The molecule has 0 saturated carbocycles. The maximum absolute atomic E-state index is 12.9. The van der Waals surface area contributed by atoms with Crippen molar-refractivity contribution in [2.45, 2.75) is 19.0 Å². The molecule has 0 radical (unpaired) electrons. The standard InChI is InChI=1S/C19H16N4O2S/c1-19(13-7-3-2-4-8-13)17(24)23(18(25)22-19)11-14-12-26-16(21-14)15-9-5-6-10-20-15/h2-10,12H,11H2,1H3,(H,22,25). The first-order valence-corrected chi connectivity index (χ1v) is 9.01. The highest BCUT2D eigenvalue weighted by Crippen LogP contribution is 2.30. The molecule has 2 aromatic heterocycles. The van der Waals surface area contributed by atoms with E-state index in [1.165, 1.54) is 16.2 Å². The van der Waals surface area contributed by atoms with Crippen LogP contribution in [0, 0.1) is 0 Å². The third-order valence-corrected chi connectivity index (χ3v) is 5.30. The van der Waals surface area contributed by atoms with Gasteiger partial charge in [-0.25, -0.2) is 9.78 Å². The average Bonchev–Trinajstić information content (AvgIpc) is 3.23. The van der Waals surface area contributed by atoms with Crippen LogP contribution in [0.25, 0.3) is 10.7 Å². The van der Waals surface area contributed by atoms with Gasteiger partial charge in [-0.2, -0.15) is 0 Å². The average molecular weight is 364 g/mol. The van der Waals surface area contributed by atoms with Crippen LogP contribution in [0.3, 0.4) is 0 Å². The van der Waals surface area contributed by atoms with Gasteiger partial charge in [0.05, 0.1) is 17.9 Å². The molecule has 1 aromatic carbocycles. The Labute approximate surface area is 154 Å². The van der Waals surface area contributed by atoms with Gasteiger partial charge in [0.1, 0.15) is 10.5 Å². The summed E-state index contributed by atoms with van der Waals surface area (Å²) in [7, 11) is 0. The molecule has 0 spiro atoms. The SMILES string of the molecule is CC1(c2ccccc2)NC(=O)N(Cc2csc(-c3ccccn3)n2)C1=O. The topological polar surface area (TPSA) is 75.2 Å². The van der Waals surface area contributed by atoms with Crippen LogP contribution in [0.5, 0.6) is 0 Å². The van der Waals surface area contributed by atoms with Crippen LogP contribution < -0.4 is 5.32 Å². The van der Waals surface area contributed by atoms with E-state index in [1.54, 1.807) is 13.1 Å². The van der Waals surface area contributed by atoms with Gasteiger partial charge >= 0.3 is 6.03 Å². The molecule has 1 N–H and O–H groups in total. The third-order valence-electron chi connectivity index (χ3n) is 4.38. The third kappa shape index (κ3) is 2.76. The van der Waals surface area contributed by atoms with Crippen molar-refractivity contribution in [3.63, 3.8) is 0 Å². The van der Waals surface area contributed by atoms with E-state index in [1.807, 2.05) is 53.9 Å². The summed E-state index contributed by atoms with van der Waals surface area (Å²) in [5.74, 6) is -0.277. The van der Waals surface area contributed by atoms with Crippen molar-refractivity contribution in [1.82, 2.24) is 20.2 Å². The molecule has 1 aliphatic heterocycles. The minimum absolute atomic E-state index is 0.135. The van der Waals surface area contributed by atoms with Crippen LogP contribution in [-0.2, 0) is 16.9 Å². The van der Waals surface area contributed by atoms with Crippen LogP contribution in [0.1, 0.15) is 18.2 Å². The molecular formula is C19H16N4O2S. The Bertz CT molecular complexity index is 958. The molecule has 1 atom stereocenters. The summed E-state index contributed by atoms with van der Waals surface area (Å²) in [5, 5.41) is 5.42. The number of benzene rings is 1. The molecule has 3 aromatic rings. The second kappa shape index (κ2) is 6.34. The molecule has 0 bridgehead atoms. The number of rotatable bonds is 4. The molecule has 6 nitrogen and oxygen atoms in total. The Hall–Kier alpha value is -3.06. The Morgan fingerprint density at radius 3 is 2.62 bits per heavy atom. The molecule has 4 rings (SSSR count). The van der Waals surface area contributed by atoms with Gasteiger partial charge < -0.3 is 5.32 Å². The van der Waals surface area contributed by atoms with Crippen molar-refractivity contribution in [2.24, 2.45) is 0 Å². The van der Waals surface area contributed by atoms with Gasteiger partial charge in [0.25, 0.3) is 5.91 Å². The minimum atomic E-state index is -1.06. The van der Waals surface area contributed by atoms with E-state index < -0.39 is 11.6 Å². The lowest BCUT2D eigenvalue weighted by molar-refractivity contribution is -0.131. The number of carbonyl (C=O) groups is 2. The fourth-order valence-corrected chi connectivity index (χ4v) is 3.74. The van der Waals surface area contributed by atoms with Crippen LogP contribution in [0.2, 0.25) is 0 Å². The van der Waals surface area contributed by atoms with E-state index in [4.69, 9.17) is 0 Å². The summed E-state index contributed by atoms with van der Waals surface area (Å²) in [5.41, 5.74) is 1.14. The lowest BCUT2D eigenvalue weighted by Crippen LogP contribution is -2.40. The number of nitrogens with zero attached hydrogens (tertiary/aromatic N) is 3. The lowest BCUT2D eigenvalue weighted by Gasteiger charge is -2.21. The van der Waals surface area contributed by atoms with Crippen molar-refractivity contribution in [1.29, 1.82) is 0 Å². The minimum Gasteiger partial charge on any atom is -0.319 e. The van der Waals surface area contributed by atoms with Gasteiger partial charge in [0.15, 0.2) is 0 Å². The number of urea groups is 1. The maximum atomic E-state index is 12.9. The molecule has 130 valence electrons. The van der Waals surface area contributed by atoms with Gasteiger partial charge in [-0.05, 0) is 24.6 Å². The predicted octanol–water partition coefficient (Wildman–Crippen LogP) is 3.17. The van der Waals surface area contributed by atoms with Crippen LogP contribution >= 0.6 is 11.3 Å². The smallest absolute Gasteiger partial charge is 0.319 e. The normalized spacial score (nSPS) is 19.7. The summed E-state index contributed by atoms with van der Waals surface area (Å²) in [6.07, 6.45) is 1.71. The number of aromatic nitrogens is 2. The summed E-state index contributed by atoms with van der Waals surface area (Å²) in [6.45, 7) is 1.86. The Kier molecular flexibility index (Phi) is 4.00. The van der Waals surface area contributed by atoms with E-state index in [0.717, 1.165) is 16.3 Å². The van der Waals surface area contributed by atoms with Crippen molar-refractivity contribution >= 4 is 23.3 Å². The number of hydrogen-bond acceptors (Lipinski definition) is 5. The fraction of sp³-hybridized carbons (Fsp3) is 0.158. The first kappa shape index (κ1) is 16.4. The van der Waals surface area contributed by atoms with Crippen LogP contribution in [0.15, 0.2) is 60.1 Å². The summed E-state index contributed by atoms with van der Waals surface area (Å²) >= 11 is 1.44. The van der Waals surface area contributed by atoms with Gasteiger partial charge in [-0.1, -0.05) is 36.4 Å². The number of pyridine rings is 1. The second-order valence-electron chi connectivity index (χ2n) is 6.17. The summed E-state index contributed by atoms with van der Waals surface area (Å²) in [4.78, 5) is 35.3. The van der Waals surface area contributed by atoms with Gasteiger partial charge in [0, 0.05) is 11.6 Å². The second-order valence-corrected chi connectivity index (χ2v) is 7.03. The van der Waals surface area contributed by atoms with Crippen molar-refractivity contribution < 1.29 is 9.59 Å². The van der Waals surface area contributed by atoms with Crippen molar-refractivity contribution in [2.75, 3.05) is 0 Å². The van der Waals surface area contributed by atoms with Crippen molar-refractivity contribution in [3.05, 3.63) is 71.4 Å². The maximum Gasteiger partial charge on any atom is 0.325 e. The molecule has 7 heteroatoms. The van der Waals surface area contributed by atoms with Crippen molar-refractivity contribution in [3.8, 4) is 10.7 Å². The first-order chi connectivity index (χ1) is 12.6. The van der Waals surface area contributed by atoms with E-state index >= 15 is 0 Å². The largest absolute Gasteiger partial charge is 0.325 e. The van der Waals surface area contributed by atoms with Gasteiger partial charge in [0.2, 0.25) is 0 Å². The zero-order valence-electron chi connectivity index (χ0n) is 14.0. The van der Waals surface area contributed by atoms with Gasteiger partial charge in [-0.15, -0.1) is 11.3 Å².